The van der Waals surface area contributed by atoms with E-state index < -0.39 is 12.1 Å². The van der Waals surface area contributed by atoms with E-state index in [1.54, 1.807) is 6.92 Å². The highest BCUT2D eigenvalue weighted by molar-refractivity contribution is 7.16. The molecule has 126 valence electrons. The van der Waals surface area contributed by atoms with Gasteiger partial charge in [-0.15, -0.1) is 11.3 Å². The SMILES string of the molecule is CCNC(=O)[C@@H](C)OC(=O)c1c(NC(=O)C2CC2)sc(C)c1C. The van der Waals surface area contributed by atoms with Crippen molar-refractivity contribution in [1.82, 2.24) is 5.32 Å². The first-order chi connectivity index (χ1) is 10.8. The average molecular weight is 338 g/mol. The van der Waals surface area contributed by atoms with Crippen LogP contribution in [0.4, 0.5) is 5.00 Å². The number of aryl methyl sites for hydroxylation is 1. The second-order valence-electron chi connectivity index (χ2n) is 5.69. The summed E-state index contributed by atoms with van der Waals surface area (Å²) < 4.78 is 5.25. The molecule has 1 fully saturated rings. The minimum atomic E-state index is -0.881. The minimum Gasteiger partial charge on any atom is -0.449 e. The number of hydrogen-bond acceptors (Lipinski definition) is 5. The molecule has 0 spiro atoms. The van der Waals surface area contributed by atoms with E-state index in [4.69, 9.17) is 4.74 Å². The number of esters is 1. The van der Waals surface area contributed by atoms with Crippen molar-refractivity contribution in [3.05, 3.63) is 16.0 Å². The van der Waals surface area contributed by atoms with Crippen LogP contribution in [0.5, 0.6) is 0 Å². The normalized spacial score (nSPS) is 15.0. The smallest absolute Gasteiger partial charge is 0.342 e. The fourth-order valence-corrected chi connectivity index (χ4v) is 3.16. The lowest BCUT2D eigenvalue weighted by Crippen LogP contribution is -2.35. The Kier molecular flexibility index (Phi) is 5.41. The van der Waals surface area contributed by atoms with E-state index in [9.17, 15) is 14.4 Å². The Hall–Kier alpha value is -1.89. The number of rotatable bonds is 6. The van der Waals surface area contributed by atoms with Gasteiger partial charge in [-0.25, -0.2) is 4.79 Å². The zero-order chi connectivity index (χ0) is 17.1. The number of thiophene rings is 1. The Labute approximate surface area is 139 Å². The summed E-state index contributed by atoms with van der Waals surface area (Å²) in [6.07, 6.45) is 0.904. The van der Waals surface area contributed by atoms with E-state index in [1.807, 2.05) is 13.8 Å². The van der Waals surface area contributed by atoms with Crippen LogP contribution < -0.4 is 10.6 Å². The summed E-state index contributed by atoms with van der Waals surface area (Å²) in [7, 11) is 0. The van der Waals surface area contributed by atoms with Gasteiger partial charge in [-0.3, -0.25) is 9.59 Å². The summed E-state index contributed by atoms with van der Waals surface area (Å²) in [5.74, 6) is -0.932. The lowest BCUT2D eigenvalue weighted by Gasteiger charge is -2.13. The monoisotopic (exact) mass is 338 g/mol. The van der Waals surface area contributed by atoms with E-state index in [-0.39, 0.29) is 17.7 Å². The highest BCUT2D eigenvalue weighted by Gasteiger charge is 2.32. The number of nitrogens with one attached hydrogen (secondary N) is 2. The van der Waals surface area contributed by atoms with Gasteiger partial charge < -0.3 is 15.4 Å². The third-order valence-electron chi connectivity index (χ3n) is 3.78. The van der Waals surface area contributed by atoms with Gasteiger partial charge in [0.25, 0.3) is 5.91 Å². The summed E-state index contributed by atoms with van der Waals surface area (Å²) in [6.45, 7) is 7.49. The zero-order valence-electron chi connectivity index (χ0n) is 13.8. The molecular formula is C16H22N2O4S. The van der Waals surface area contributed by atoms with Gasteiger partial charge in [0.1, 0.15) is 5.00 Å². The van der Waals surface area contributed by atoms with E-state index in [0.717, 1.165) is 23.3 Å². The molecule has 0 saturated heterocycles. The van der Waals surface area contributed by atoms with Crippen molar-refractivity contribution in [2.24, 2.45) is 5.92 Å². The van der Waals surface area contributed by atoms with Crippen LogP contribution in [-0.2, 0) is 14.3 Å². The van der Waals surface area contributed by atoms with Crippen LogP contribution in [0, 0.1) is 19.8 Å². The molecule has 0 unspecified atom stereocenters. The quantitative estimate of drug-likeness (QED) is 0.780. The van der Waals surface area contributed by atoms with Crippen molar-refractivity contribution >= 4 is 34.1 Å². The van der Waals surface area contributed by atoms with Crippen LogP contribution in [0.2, 0.25) is 0 Å². The minimum absolute atomic E-state index is 0.0517. The van der Waals surface area contributed by atoms with Crippen molar-refractivity contribution in [3.63, 3.8) is 0 Å². The second kappa shape index (κ2) is 7.12. The predicted octanol–water partition coefficient (Wildman–Crippen LogP) is 2.39. The van der Waals surface area contributed by atoms with Gasteiger partial charge in [0.15, 0.2) is 6.10 Å². The molecule has 2 amide bonds. The van der Waals surface area contributed by atoms with Gasteiger partial charge in [-0.1, -0.05) is 0 Å². The summed E-state index contributed by atoms with van der Waals surface area (Å²) >= 11 is 1.36. The lowest BCUT2D eigenvalue weighted by molar-refractivity contribution is -0.129. The number of carbonyl (C=O) groups excluding carboxylic acids is 3. The first kappa shape index (κ1) is 17.5. The van der Waals surface area contributed by atoms with Crippen molar-refractivity contribution in [3.8, 4) is 0 Å². The molecule has 1 heterocycles. The third-order valence-corrected chi connectivity index (χ3v) is 4.90. The van der Waals surface area contributed by atoms with E-state index in [1.165, 1.54) is 18.3 Å². The molecule has 7 heteroatoms. The van der Waals surface area contributed by atoms with Gasteiger partial charge in [0, 0.05) is 17.3 Å². The van der Waals surface area contributed by atoms with Crippen LogP contribution in [0.1, 0.15) is 47.5 Å². The Balaban J connectivity index is 2.14. The summed E-state index contributed by atoms with van der Waals surface area (Å²) in [4.78, 5) is 37.0. The van der Waals surface area contributed by atoms with Crippen molar-refractivity contribution < 1.29 is 19.1 Å². The molecule has 2 rings (SSSR count). The van der Waals surface area contributed by atoms with Crippen molar-refractivity contribution in [2.45, 2.75) is 46.6 Å². The molecule has 1 aromatic heterocycles. The molecule has 23 heavy (non-hydrogen) atoms. The molecule has 0 aromatic carbocycles. The molecule has 0 bridgehead atoms. The number of carbonyl (C=O) groups is 3. The predicted molar refractivity (Wildman–Crippen MR) is 88.7 cm³/mol. The van der Waals surface area contributed by atoms with Crippen molar-refractivity contribution in [1.29, 1.82) is 0 Å². The van der Waals surface area contributed by atoms with E-state index in [0.29, 0.717) is 17.1 Å². The third kappa shape index (κ3) is 4.10. The number of hydrogen-bond donors (Lipinski definition) is 2. The van der Waals surface area contributed by atoms with Crippen LogP contribution in [-0.4, -0.2) is 30.4 Å². The van der Waals surface area contributed by atoms with Crippen LogP contribution in [0.15, 0.2) is 0 Å². The average Bonchev–Trinajstić information content (AvgIpc) is 3.28. The highest BCUT2D eigenvalue weighted by atomic mass is 32.1. The van der Waals surface area contributed by atoms with Gasteiger partial charge in [0.05, 0.1) is 5.56 Å². The molecule has 1 aromatic rings. The molecule has 0 aliphatic heterocycles. The Morgan fingerprint density at radius 2 is 1.96 bits per heavy atom. The molecule has 6 nitrogen and oxygen atoms in total. The summed E-state index contributed by atoms with van der Waals surface area (Å²) in [5.41, 5.74) is 1.12. The maximum absolute atomic E-state index is 12.4. The Bertz CT molecular complexity index is 634. The maximum Gasteiger partial charge on any atom is 0.342 e. The van der Waals surface area contributed by atoms with Gasteiger partial charge in [-0.2, -0.15) is 0 Å². The number of ether oxygens (including phenoxy) is 1. The molecule has 0 radical (unpaired) electrons. The number of anilines is 1. The van der Waals surface area contributed by atoms with Crippen LogP contribution in [0.25, 0.3) is 0 Å². The van der Waals surface area contributed by atoms with E-state index in [2.05, 4.69) is 10.6 Å². The van der Waals surface area contributed by atoms with Crippen LogP contribution >= 0.6 is 11.3 Å². The lowest BCUT2D eigenvalue weighted by atomic mass is 10.1. The molecule has 1 aliphatic rings. The molecular weight excluding hydrogens is 316 g/mol. The highest BCUT2D eigenvalue weighted by Crippen LogP contribution is 2.36. The Morgan fingerprint density at radius 1 is 1.30 bits per heavy atom. The zero-order valence-corrected chi connectivity index (χ0v) is 14.6. The van der Waals surface area contributed by atoms with Crippen molar-refractivity contribution in [2.75, 3.05) is 11.9 Å². The first-order valence-corrected chi connectivity index (χ1v) is 8.56. The summed E-state index contributed by atoms with van der Waals surface area (Å²) in [5, 5.41) is 5.93. The molecule has 1 saturated carbocycles. The largest absolute Gasteiger partial charge is 0.449 e. The number of amides is 2. The first-order valence-electron chi connectivity index (χ1n) is 7.74. The number of likely N-dealkylation sites (N-methyl/N-ethyl adjacent to an activating group) is 1. The molecule has 1 atom stereocenters. The molecule has 1 aliphatic carbocycles. The maximum atomic E-state index is 12.4. The summed E-state index contributed by atoms with van der Waals surface area (Å²) in [6, 6.07) is 0. The van der Waals surface area contributed by atoms with E-state index >= 15 is 0 Å². The van der Waals surface area contributed by atoms with Crippen LogP contribution in [0.3, 0.4) is 0 Å². The van der Waals surface area contributed by atoms with Gasteiger partial charge >= 0.3 is 5.97 Å². The fourth-order valence-electron chi connectivity index (χ4n) is 2.11. The standard InChI is InChI=1S/C16H22N2O4S/c1-5-17-13(19)9(3)22-16(21)12-8(2)10(4)23-15(12)18-14(20)11-6-7-11/h9,11H,5-7H2,1-4H3,(H,17,19)(H,18,20)/t9-/m1/s1. The second-order valence-corrected chi connectivity index (χ2v) is 6.92. The van der Waals surface area contributed by atoms with Gasteiger partial charge in [0.2, 0.25) is 5.91 Å². The Morgan fingerprint density at radius 3 is 2.52 bits per heavy atom. The molecule has 2 N–H and O–H groups in total. The topological polar surface area (TPSA) is 84.5 Å². The fraction of sp³-hybridized carbons (Fsp3) is 0.562. The van der Waals surface area contributed by atoms with Gasteiger partial charge in [-0.05, 0) is 46.1 Å².